The van der Waals surface area contributed by atoms with Crippen LogP contribution in [0.2, 0.25) is 0 Å². The maximum atomic E-state index is 12.5. The van der Waals surface area contributed by atoms with Gasteiger partial charge in [0.15, 0.2) is 0 Å². The van der Waals surface area contributed by atoms with Crippen molar-refractivity contribution in [1.29, 1.82) is 0 Å². The lowest BCUT2D eigenvalue weighted by Crippen LogP contribution is -2.46. The first-order chi connectivity index (χ1) is 15.9. The van der Waals surface area contributed by atoms with Gasteiger partial charge < -0.3 is 29.9 Å². The lowest BCUT2D eigenvalue weighted by atomic mass is 9.87. The van der Waals surface area contributed by atoms with Gasteiger partial charge in [-0.05, 0) is 55.2 Å². The van der Waals surface area contributed by atoms with Crippen LogP contribution >= 0.6 is 11.6 Å². The summed E-state index contributed by atoms with van der Waals surface area (Å²) in [6.07, 6.45) is 1.74. The zero-order valence-electron chi connectivity index (χ0n) is 18.7. The van der Waals surface area contributed by atoms with Gasteiger partial charge >= 0.3 is 0 Å². The van der Waals surface area contributed by atoms with Crippen molar-refractivity contribution in [1.82, 2.24) is 20.1 Å². The number of nitrogens with one attached hydrogen (secondary N) is 2. The van der Waals surface area contributed by atoms with E-state index < -0.39 is 23.2 Å². The Bertz CT molecular complexity index is 1140. The minimum Gasteiger partial charge on any atom is -0.492 e. The molecule has 33 heavy (non-hydrogen) atoms. The summed E-state index contributed by atoms with van der Waals surface area (Å²) in [5.74, 6) is -1.25. The highest BCUT2D eigenvalue weighted by atomic mass is 35.5. The molecule has 0 radical (unpaired) electrons. The molecule has 1 aromatic carbocycles. The standard InChI is InChI=1S/C24H29ClN4O4/c1-28-15(13-26-5-8-29-6-2-3-7-29)10-14-11-17-19(12-18(14)28)33-9-4-16-21(17)27-24(32)20(22(16)30)23(25)31/h10-12,20,22,26,30H,2-9,13H2,1H3,(H,27,32). The Morgan fingerprint density at radius 3 is 2.85 bits per heavy atom. The quantitative estimate of drug-likeness (QED) is 0.336. The number of rotatable bonds is 6. The van der Waals surface area contributed by atoms with E-state index in [-0.39, 0.29) is 0 Å². The van der Waals surface area contributed by atoms with Crippen molar-refractivity contribution in [2.75, 3.05) is 32.8 Å². The van der Waals surface area contributed by atoms with Crippen LogP contribution in [0.5, 0.6) is 5.75 Å². The van der Waals surface area contributed by atoms with E-state index in [1.54, 1.807) is 0 Å². The molecule has 1 saturated heterocycles. The molecule has 1 amide bonds. The van der Waals surface area contributed by atoms with Crippen molar-refractivity contribution < 1.29 is 19.4 Å². The first-order valence-corrected chi connectivity index (χ1v) is 11.9. The lowest BCUT2D eigenvalue weighted by molar-refractivity contribution is -0.133. The predicted molar refractivity (Wildman–Crippen MR) is 126 cm³/mol. The van der Waals surface area contributed by atoms with Crippen LogP contribution in [0, 0.1) is 5.92 Å². The Morgan fingerprint density at radius 1 is 1.30 bits per heavy atom. The molecule has 2 unspecified atom stereocenters. The number of halogens is 1. The average Bonchev–Trinajstić information content (AvgIpc) is 3.35. The third kappa shape index (κ3) is 4.17. The number of likely N-dealkylation sites (tertiary alicyclic amines) is 1. The SMILES string of the molecule is Cn1c(CNCCN2CCCC2)cc2cc3c(cc21)OCCC1=C3NC(=O)C(C(=O)Cl)C1O. The van der Waals surface area contributed by atoms with E-state index >= 15 is 0 Å². The minimum absolute atomic E-state index is 0.336. The van der Waals surface area contributed by atoms with Crippen molar-refractivity contribution in [3.8, 4) is 5.75 Å². The number of aliphatic hydroxyl groups excluding tert-OH is 1. The smallest absolute Gasteiger partial charge is 0.239 e. The van der Waals surface area contributed by atoms with Gasteiger partial charge in [0.25, 0.3) is 0 Å². The fourth-order valence-corrected chi connectivity index (χ4v) is 5.37. The highest BCUT2D eigenvalue weighted by Gasteiger charge is 2.42. The van der Waals surface area contributed by atoms with E-state index in [4.69, 9.17) is 16.3 Å². The number of hydrogen-bond donors (Lipinski definition) is 3. The predicted octanol–water partition coefficient (Wildman–Crippen LogP) is 1.73. The van der Waals surface area contributed by atoms with Crippen molar-refractivity contribution in [2.24, 2.45) is 13.0 Å². The van der Waals surface area contributed by atoms with Gasteiger partial charge in [-0.3, -0.25) is 9.59 Å². The summed E-state index contributed by atoms with van der Waals surface area (Å²) in [5.41, 5.74) is 3.99. The largest absolute Gasteiger partial charge is 0.492 e. The molecule has 0 saturated carbocycles. The summed E-state index contributed by atoms with van der Waals surface area (Å²) in [7, 11) is 2.04. The van der Waals surface area contributed by atoms with Crippen molar-refractivity contribution in [3.63, 3.8) is 0 Å². The van der Waals surface area contributed by atoms with E-state index in [1.807, 2.05) is 19.2 Å². The fourth-order valence-electron chi connectivity index (χ4n) is 5.15. The number of aromatic nitrogens is 1. The number of nitrogens with zero attached hydrogens (tertiary/aromatic N) is 2. The van der Waals surface area contributed by atoms with E-state index in [0.717, 1.165) is 36.2 Å². The maximum absolute atomic E-state index is 12.5. The highest BCUT2D eigenvalue weighted by Crippen LogP contribution is 2.39. The van der Waals surface area contributed by atoms with Gasteiger partial charge in [-0.1, -0.05) is 0 Å². The zero-order valence-corrected chi connectivity index (χ0v) is 19.5. The van der Waals surface area contributed by atoms with Gasteiger partial charge in [-0.15, -0.1) is 0 Å². The van der Waals surface area contributed by atoms with Gasteiger partial charge in [0.2, 0.25) is 11.1 Å². The topological polar surface area (TPSA) is 95.8 Å². The molecule has 1 fully saturated rings. The van der Waals surface area contributed by atoms with Crippen molar-refractivity contribution in [3.05, 3.63) is 35.0 Å². The van der Waals surface area contributed by atoms with Crippen LogP contribution in [0.25, 0.3) is 16.6 Å². The monoisotopic (exact) mass is 472 g/mol. The Kier molecular flexibility index (Phi) is 6.18. The second kappa shape index (κ2) is 9.10. The van der Waals surface area contributed by atoms with Gasteiger partial charge in [-0.2, -0.15) is 0 Å². The molecule has 3 N–H and O–H groups in total. The molecule has 3 aliphatic heterocycles. The van der Waals surface area contributed by atoms with Crippen LogP contribution in [-0.4, -0.2) is 64.6 Å². The van der Waals surface area contributed by atoms with Crippen molar-refractivity contribution >= 4 is 39.4 Å². The number of fused-ring (bicyclic) bond motifs is 3. The summed E-state index contributed by atoms with van der Waals surface area (Å²) in [4.78, 5) is 26.7. The molecule has 1 aromatic heterocycles. The van der Waals surface area contributed by atoms with Gasteiger partial charge in [-0.25, -0.2) is 0 Å². The highest BCUT2D eigenvalue weighted by molar-refractivity contribution is 6.65. The number of amides is 1. The average molecular weight is 473 g/mol. The number of carbonyl (C=O) groups excluding carboxylic acids is 2. The molecule has 8 nitrogen and oxygen atoms in total. The Balaban J connectivity index is 1.42. The van der Waals surface area contributed by atoms with Crippen LogP contribution in [0.3, 0.4) is 0 Å². The van der Waals surface area contributed by atoms with Gasteiger partial charge in [0.1, 0.15) is 11.7 Å². The molecule has 5 rings (SSSR count). The summed E-state index contributed by atoms with van der Waals surface area (Å²) >= 11 is 5.58. The van der Waals surface area contributed by atoms with Gasteiger partial charge in [0.05, 0.1) is 23.9 Å². The Morgan fingerprint density at radius 2 is 2.09 bits per heavy atom. The van der Waals surface area contributed by atoms with Crippen LogP contribution in [0.4, 0.5) is 0 Å². The molecular formula is C24H29ClN4O4. The molecule has 3 aliphatic rings. The van der Waals surface area contributed by atoms with E-state index in [9.17, 15) is 14.7 Å². The summed E-state index contributed by atoms with van der Waals surface area (Å²) < 4.78 is 8.14. The Labute approximate surface area is 197 Å². The third-order valence-corrected chi connectivity index (χ3v) is 7.26. The first kappa shape index (κ1) is 22.4. The molecule has 0 bridgehead atoms. The number of ether oxygens (including phenoxy) is 1. The molecule has 0 spiro atoms. The number of benzene rings is 1. The molecular weight excluding hydrogens is 444 g/mol. The number of carbonyl (C=O) groups is 2. The second-order valence-electron chi connectivity index (χ2n) is 9.04. The summed E-state index contributed by atoms with van der Waals surface area (Å²) in [6.45, 7) is 5.50. The fraction of sp³-hybridized carbons (Fsp3) is 0.500. The molecule has 2 aromatic rings. The zero-order chi connectivity index (χ0) is 23.1. The Hall–Kier alpha value is -2.39. The van der Waals surface area contributed by atoms with E-state index in [0.29, 0.717) is 35.6 Å². The summed E-state index contributed by atoms with van der Waals surface area (Å²) in [5, 5.41) is 17.2. The second-order valence-corrected chi connectivity index (χ2v) is 9.41. The third-order valence-electron chi connectivity index (χ3n) is 7.02. The van der Waals surface area contributed by atoms with Crippen molar-refractivity contribution in [2.45, 2.75) is 31.9 Å². The molecule has 176 valence electrons. The van der Waals surface area contributed by atoms with Gasteiger partial charge in [0, 0.05) is 55.8 Å². The summed E-state index contributed by atoms with van der Waals surface area (Å²) in [6, 6.07) is 6.09. The first-order valence-electron chi connectivity index (χ1n) is 11.5. The normalized spacial score (nSPS) is 23.2. The molecule has 2 atom stereocenters. The minimum atomic E-state index is -1.30. The maximum Gasteiger partial charge on any atom is 0.239 e. The molecule has 9 heteroatoms. The van der Waals surface area contributed by atoms with Crippen LogP contribution < -0.4 is 15.4 Å². The van der Waals surface area contributed by atoms with E-state index in [2.05, 4.69) is 26.2 Å². The molecule has 4 heterocycles. The number of aryl methyl sites for hydroxylation is 1. The number of hydrogen-bond acceptors (Lipinski definition) is 6. The lowest BCUT2D eigenvalue weighted by Gasteiger charge is -2.29. The molecule has 0 aliphatic carbocycles. The number of aliphatic hydroxyl groups is 1. The van der Waals surface area contributed by atoms with Crippen LogP contribution in [0.15, 0.2) is 23.8 Å². The van der Waals surface area contributed by atoms with Crippen LogP contribution in [-0.2, 0) is 23.2 Å². The van der Waals surface area contributed by atoms with E-state index in [1.165, 1.54) is 25.9 Å². The van der Waals surface area contributed by atoms with Crippen LogP contribution in [0.1, 0.15) is 30.5 Å².